The molecule has 1 atom stereocenters. The molecule has 7 heteroatoms. The van der Waals surface area contributed by atoms with E-state index in [1.54, 1.807) is 25.6 Å². The van der Waals surface area contributed by atoms with Crippen molar-refractivity contribution in [1.82, 2.24) is 25.1 Å². The van der Waals surface area contributed by atoms with Crippen molar-refractivity contribution in [3.8, 4) is 0 Å². The molecule has 1 aliphatic heterocycles. The van der Waals surface area contributed by atoms with E-state index in [9.17, 15) is 4.79 Å². The van der Waals surface area contributed by atoms with Crippen LogP contribution in [0.5, 0.6) is 0 Å². The second-order valence-corrected chi connectivity index (χ2v) is 5.15. The lowest BCUT2D eigenvalue weighted by atomic mass is 9.94. The maximum atomic E-state index is 12.5. The fourth-order valence-electron chi connectivity index (χ4n) is 2.66. The minimum atomic E-state index is -0.0122. The molecule has 1 saturated heterocycles. The minimum Gasteiger partial charge on any atom is -0.357 e. The van der Waals surface area contributed by atoms with Gasteiger partial charge in [-0.3, -0.25) is 9.89 Å². The molecular weight excluding hydrogens is 268 g/mol. The summed E-state index contributed by atoms with van der Waals surface area (Å²) in [5.41, 5.74) is 1.62. The number of carbonyl (C=O) groups excluding carboxylic acids is 1. The van der Waals surface area contributed by atoms with Crippen LogP contribution >= 0.6 is 0 Å². The van der Waals surface area contributed by atoms with Crippen LogP contribution in [0.4, 0.5) is 5.95 Å². The molecule has 2 aromatic rings. The van der Waals surface area contributed by atoms with Crippen LogP contribution in [-0.2, 0) is 0 Å². The summed E-state index contributed by atoms with van der Waals surface area (Å²) >= 11 is 0. The van der Waals surface area contributed by atoms with Crippen LogP contribution in [0.3, 0.4) is 0 Å². The Bertz CT molecular complexity index is 594. The van der Waals surface area contributed by atoms with Crippen molar-refractivity contribution in [2.24, 2.45) is 0 Å². The molecule has 0 aliphatic carbocycles. The Hall–Kier alpha value is -2.44. The topological polar surface area (TPSA) is 86.8 Å². The molecule has 110 valence electrons. The van der Waals surface area contributed by atoms with E-state index < -0.39 is 0 Å². The van der Waals surface area contributed by atoms with Gasteiger partial charge < -0.3 is 10.2 Å². The molecule has 2 aromatic heterocycles. The van der Waals surface area contributed by atoms with Crippen LogP contribution in [-0.4, -0.2) is 51.1 Å². The first-order chi connectivity index (χ1) is 10.3. The summed E-state index contributed by atoms with van der Waals surface area (Å²) in [6.07, 6.45) is 6.95. The summed E-state index contributed by atoms with van der Waals surface area (Å²) in [5, 5.41) is 9.83. The van der Waals surface area contributed by atoms with Crippen molar-refractivity contribution in [3.05, 3.63) is 35.9 Å². The molecule has 7 nitrogen and oxygen atoms in total. The zero-order valence-electron chi connectivity index (χ0n) is 11.9. The van der Waals surface area contributed by atoms with Crippen LogP contribution in [0.2, 0.25) is 0 Å². The predicted octanol–water partition coefficient (Wildman–Crippen LogP) is 1.26. The smallest absolute Gasteiger partial charge is 0.257 e. The normalized spacial score (nSPS) is 18.5. The van der Waals surface area contributed by atoms with E-state index in [0.29, 0.717) is 24.0 Å². The molecule has 0 bridgehead atoms. The molecular formula is C14H18N6O. The third-order valence-electron chi connectivity index (χ3n) is 3.79. The van der Waals surface area contributed by atoms with Gasteiger partial charge in [0.1, 0.15) is 0 Å². The van der Waals surface area contributed by atoms with E-state index >= 15 is 0 Å². The average molecular weight is 286 g/mol. The Balaban J connectivity index is 1.71. The van der Waals surface area contributed by atoms with Crippen molar-refractivity contribution in [2.45, 2.75) is 18.8 Å². The van der Waals surface area contributed by atoms with Gasteiger partial charge in [0.2, 0.25) is 5.95 Å². The van der Waals surface area contributed by atoms with E-state index in [1.807, 2.05) is 11.0 Å². The monoisotopic (exact) mass is 286 g/mol. The number of hydrogen-bond acceptors (Lipinski definition) is 5. The summed E-state index contributed by atoms with van der Waals surface area (Å²) in [4.78, 5) is 22.6. The van der Waals surface area contributed by atoms with Gasteiger partial charge in [0.15, 0.2) is 0 Å². The summed E-state index contributed by atoms with van der Waals surface area (Å²) in [5.74, 6) is 0.824. The Labute approximate surface area is 122 Å². The summed E-state index contributed by atoms with van der Waals surface area (Å²) in [6.45, 7) is 1.48. The molecule has 0 radical (unpaired) electrons. The van der Waals surface area contributed by atoms with Crippen molar-refractivity contribution in [3.63, 3.8) is 0 Å². The minimum absolute atomic E-state index is 0.0122. The van der Waals surface area contributed by atoms with E-state index in [1.165, 1.54) is 0 Å². The van der Waals surface area contributed by atoms with E-state index in [2.05, 4.69) is 25.5 Å². The van der Waals surface area contributed by atoms with E-state index in [4.69, 9.17) is 0 Å². The number of nitrogens with one attached hydrogen (secondary N) is 2. The first-order valence-electron chi connectivity index (χ1n) is 7.06. The molecule has 0 spiro atoms. The van der Waals surface area contributed by atoms with Crippen LogP contribution < -0.4 is 5.32 Å². The highest BCUT2D eigenvalue weighted by Gasteiger charge is 2.26. The molecule has 3 rings (SSSR count). The lowest BCUT2D eigenvalue weighted by Gasteiger charge is -2.32. The van der Waals surface area contributed by atoms with Crippen molar-refractivity contribution in [2.75, 3.05) is 25.5 Å². The van der Waals surface area contributed by atoms with Crippen LogP contribution in [0.15, 0.2) is 24.7 Å². The van der Waals surface area contributed by atoms with Crippen molar-refractivity contribution < 1.29 is 4.79 Å². The van der Waals surface area contributed by atoms with Gasteiger partial charge in [0.25, 0.3) is 5.91 Å². The van der Waals surface area contributed by atoms with Gasteiger partial charge in [-0.1, -0.05) is 0 Å². The molecule has 2 N–H and O–H groups in total. The van der Waals surface area contributed by atoms with E-state index in [-0.39, 0.29) is 5.91 Å². The zero-order chi connectivity index (χ0) is 14.7. The highest BCUT2D eigenvalue weighted by atomic mass is 16.2. The summed E-state index contributed by atoms with van der Waals surface area (Å²) in [6, 6.07) is 1.98. The Morgan fingerprint density at radius 1 is 1.43 bits per heavy atom. The molecule has 21 heavy (non-hydrogen) atoms. The molecule has 0 aromatic carbocycles. The Kier molecular flexibility index (Phi) is 3.81. The summed E-state index contributed by atoms with van der Waals surface area (Å²) < 4.78 is 0. The first kappa shape index (κ1) is 13.5. The lowest BCUT2D eigenvalue weighted by Crippen LogP contribution is -2.39. The van der Waals surface area contributed by atoms with Gasteiger partial charge in [-0.05, 0) is 18.9 Å². The van der Waals surface area contributed by atoms with Gasteiger partial charge in [-0.2, -0.15) is 5.10 Å². The Morgan fingerprint density at radius 2 is 2.24 bits per heavy atom. The van der Waals surface area contributed by atoms with Crippen LogP contribution in [0.25, 0.3) is 0 Å². The largest absolute Gasteiger partial charge is 0.357 e. The zero-order valence-corrected chi connectivity index (χ0v) is 11.9. The maximum Gasteiger partial charge on any atom is 0.257 e. The molecule has 0 saturated carbocycles. The fraction of sp³-hybridized carbons (Fsp3) is 0.429. The Morgan fingerprint density at radius 3 is 2.90 bits per heavy atom. The van der Waals surface area contributed by atoms with E-state index in [0.717, 1.165) is 25.1 Å². The predicted molar refractivity (Wildman–Crippen MR) is 78.0 cm³/mol. The number of hydrogen-bond donors (Lipinski definition) is 2. The quantitative estimate of drug-likeness (QED) is 0.887. The fourth-order valence-corrected chi connectivity index (χ4v) is 2.66. The van der Waals surface area contributed by atoms with Crippen LogP contribution in [0, 0.1) is 0 Å². The molecule has 1 aliphatic rings. The number of rotatable bonds is 3. The number of H-pyrrole nitrogens is 1. The lowest BCUT2D eigenvalue weighted by molar-refractivity contribution is 0.0705. The number of piperidine rings is 1. The second-order valence-electron chi connectivity index (χ2n) is 5.15. The average Bonchev–Trinajstić information content (AvgIpc) is 3.09. The highest BCUT2D eigenvalue weighted by molar-refractivity contribution is 5.93. The van der Waals surface area contributed by atoms with Crippen molar-refractivity contribution in [1.29, 1.82) is 0 Å². The van der Waals surface area contributed by atoms with Gasteiger partial charge in [-0.15, -0.1) is 0 Å². The summed E-state index contributed by atoms with van der Waals surface area (Å²) in [7, 11) is 1.75. The highest BCUT2D eigenvalue weighted by Crippen LogP contribution is 2.26. The van der Waals surface area contributed by atoms with Crippen LogP contribution in [0.1, 0.15) is 34.8 Å². The molecule has 3 heterocycles. The van der Waals surface area contributed by atoms with Gasteiger partial charge in [0.05, 0.1) is 5.56 Å². The number of aromatic nitrogens is 4. The number of carbonyl (C=O) groups is 1. The standard InChI is InChI=1S/C14H18N6O/c1-15-14-16-7-11(8-17-14)13(21)20-6-2-3-10(9-20)12-4-5-18-19-12/h4-5,7-8,10H,2-3,6,9H2,1H3,(H,18,19)(H,15,16,17)/t10-/m0/s1. The second kappa shape index (κ2) is 5.90. The number of amides is 1. The van der Waals surface area contributed by atoms with Gasteiger partial charge >= 0.3 is 0 Å². The maximum absolute atomic E-state index is 12.5. The number of likely N-dealkylation sites (tertiary alicyclic amines) is 1. The SMILES string of the molecule is CNc1ncc(C(=O)N2CCC[C@H](c3ccn[nH]3)C2)cn1. The van der Waals surface area contributed by atoms with Crippen molar-refractivity contribution >= 4 is 11.9 Å². The van der Waals surface area contributed by atoms with Gasteiger partial charge in [-0.25, -0.2) is 9.97 Å². The molecule has 0 unspecified atom stereocenters. The third-order valence-corrected chi connectivity index (χ3v) is 3.79. The number of aromatic amines is 1. The molecule has 1 amide bonds. The van der Waals surface area contributed by atoms with Gasteiger partial charge in [0, 0.05) is 50.3 Å². The number of anilines is 1. The molecule has 1 fully saturated rings. The first-order valence-corrected chi connectivity index (χ1v) is 7.06. The number of nitrogens with zero attached hydrogens (tertiary/aromatic N) is 4. The third kappa shape index (κ3) is 2.86.